The summed E-state index contributed by atoms with van der Waals surface area (Å²) in [5, 5.41) is 5.83. The molecule has 0 radical (unpaired) electrons. The van der Waals surface area contributed by atoms with Crippen LogP contribution in [0.5, 0.6) is 0 Å². The summed E-state index contributed by atoms with van der Waals surface area (Å²) in [6.45, 7) is 1.42. The van der Waals surface area contributed by atoms with Crippen LogP contribution in [-0.4, -0.2) is 31.2 Å². The van der Waals surface area contributed by atoms with Crippen molar-refractivity contribution in [2.24, 2.45) is 4.99 Å². The summed E-state index contributed by atoms with van der Waals surface area (Å²) in [4.78, 5) is 9.38. The van der Waals surface area contributed by atoms with E-state index in [-0.39, 0.29) is 12.4 Å². The van der Waals surface area contributed by atoms with Gasteiger partial charge in [-0.3, -0.25) is 4.84 Å². The Morgan fingerprint density at radius 2 is 2.00 bits per heavy atom. The van der Waals surface area contributed by atoms with Crippen LogP contribution in [0.4, 0.5) is 5.69 Å². The van der Waals surface area contributed by atoms with E-state index in [1.807, 2.05) is 0 Å². The summed E-state index contributed by atoms with van der Waals surface area (Å²) in [5.41, 5.74) is 0.647. The second-order valence-electron chi connectivity index (χ2n) is 3.21. The smallest absolute Gasteiger partial charge is 0.223 e. The largest absolute Gasteiger partial charge is 0.322 e. The van der Waals surface area contributed by atoms with E-state index in [0.29, 0.717) is 28.2 Å². The van der Waals surface area contributed by atoms with Gasteiger partial charge in [0.15, 0.2) is 0 Å². The molecule has 1 heterocycles. The number of halogens is 3. The fraction of sp³-hybridized carbons (Fsp3) is 0.300. The van der Waals surface area contributed by atoms with Crippen LogP contribution in [0.2, 0.25) is 10.0 Å². The third-order valence-corrected chi connectivity index (χ3v) is 2.85. The molecular weight excluding hydrogens is 284 g/mol. The van der Waals surface area contributed by atoms with Gasteiger partial charge in [0.05, 0.1) is 35.9 Å². The average molecular weight is 297 g/mol. The van der Waals surface area contributed by atoms with Crippen LogP contribution >= 0.6 is 35.6 Å². The molecule has 0 aliphatic carbocycles. The lowest BCUT2D eigenvalue weighted by molar-refractivity contribution is -0.0550. The molecule has 0 unspecified atom stereocenters. The molecular formula is C10H12Cl3N3O. The summed E-state index contributed by atoms with van der Waals surface area (Å²) >= 11 is 12.1. The number of para-hydroxylation sites is 1. The molecule has 1 aliphatic heterocycles. The molecule has 0 aromatic heterocycles. The maximum absolute atomic E-state index is 6.04. The molecule has 0 spiro atoms. The van der Waals surface area contributed by atoms with Gasteiger partial charge in [0, 0.05) is 0 Å². The van der Waals surface area contributed by atoms with Crippen molar-refractivity contribution in [1.29, 1.82) is 0 Å². The molecule has 0 amide bonds. The Morgan fingerprint density at radius 3 is 2.59 bits per heavy atom. The lowest BCUT2D eigenvalue weighted by atomic mass is 10.3. The summed E-state index contributed by atoms with van der Waals surface area (Å²) in [6.07, 6.45) is 0. The van der Waals surface area contributed by atoms with E-state index in [2.05, 4.69) is 10.3 Å². The fourth-order valence-corrected chi connectivity index (χ4v) is 1.93. The average Bonchev–Trinajstić information content (AvgIpc) is 2.71. The van der Waals surface area contributed by atoms with Crippen molar-refractivity contribution < 1.29 is 4.84 Å². The number of nitrogens with zero attached hydrogens (tertiary/aromatic N) is 2. The normalized spacial score (nSPS) is 14.3. The zero-order chi connectivity index (χ0) is 11.5. The lowest BCUT2D eigenvalue weighted by Gasteiger charge is -2.18. The summed E-state index contributed by atoms with van der Waals surface area (Å²) in [5.74, 6) is 0.623. The van der Waals surface area contributed by atoms with Gasteiger partial charge in [0.2, 0.25) is 5.96 Å². The van der Waals surface area contributed by atoms with E-state index < -0.39 is 0 Å². The van der Waals surface area contributed by atoms with Gasteiger partial charge in [-0.15, -0.1) is 12.4 Å². The van der Waals surface area contributed by atoms with Crippen LogP contribution in [0.15, 0.2) is 23.2 Å². The first-order chi connectivity index (χ1) is 7.72. The van der Waals surface area contributed by atoms with Crippen molar-refractivity contribution in [3.63, 3.8) is 0 Å². The molecule has 94 valence electrons. The Hall–Kier alpha value is -0.680. The Balaban J connectivity index is 0.00000144. The number of aliphatic imine (C=N–C) groups is 1. The van der Waals surface area contributed by atoms with Crippen molar-refractivity contribution in [3.05, 3.63) is 28.2 Å². The highest BCUT2D eigenvalue weighted by Crippen LogP contribution is 2.30. The predicted molar refractivity (Wildman–Crippen MR) is 73.3 cm³/mol. The van der Waals surface area contributed by atoms with Crippen LogP contribution in [0.3, 0.4) is 0 Å². The summed E-state index contributed by atoms with van der Waals surface area (Å²) in [6, 6.07) is 5.32. The van der Waals surface area contributed by atoms with E-state index in [1.165, 1.54) is 0 Å². The van der Waals surface area contributed by atoms with Crippen LogP contribution in [-0.2, 0) is 4.84 Å². The van der Waals surface area contributed by atoms with Gasteiger partial charge >= 0.3 is 0 Å². The highest BCUT2D eigenvalue weighted by atomic mass is 35.5. The zero-order valence-corrected chi connectivity index (χ0v) is 11.4. The molecule has 1 N–H and O–H groups in total. The van der Waals surface area contributed by atoms with Gasteiger partial charge in [0.25, 0.3) is 0 Å². The molecule has 1 aliphatic rings. The Labute approximate surface area is 116 Å². The van der Waals surface area contributed by atoms with Gasteiger partial charge in [-0.1, -0.05) is 29.3 Å². The van der Waals surface area contributed by atoms with Crippen molar-refractivity contribution in [2.75, 3.05) is 25.5 Å². The molecule has 0 saturated heterocycles. The minimum Gasteiger partial charge on any atom is -0.322 e. The van der Waals surface area contributed by atoms with Crippen molar-refractivity contribution >= 4 is 47.3 Å². The number of guanidine groups is 1. The number of hydrogen-bond donors (Lipinski definition) is 1. The standard InChI is InChI=1S/C10H11Cl2N3O.ClH/c1-16-15-6-5-13-10(15)14-9-7(11)3-2-4-8(9)12;/h2-4H,5-6H2,1H3,(H,13,14);1H. The molecule has 4 nitrogen and oxygen atoms in total. The third kappa shape index (κ3) is 3.16. The van der Waals surface area contributed by atoms with Gasteiger partial charge in [-0.2, -0.15) is 0 Å². The summed E-state index contributed by atoms with van der Waals surface area (Å²) < 4.78 is 0. The van der Waals surface area contributed by atoms with Gasteiger partial charge in [0.1, 0.15) is 0 Å². The minimum atomic E-state index is 0. The Bertz CT molecular complexity index is 405. The van der Waals surface area contributed by atoms with Crippen molar-refractivity contribution in [2.45, 2.75) is 0 Å². The SMILES string of the molecule is CON1CCN=C1Nc1c(Cl)cccc1Cl.Cl. The van der Waals surface area contributed by atoms with Crippen molar-refractivity contribution in [3.8, 4) is 0 Å². The molecule has 0 fully saturated rings. The first-order valence-electron chi connectivity index (χ1n) is 4.79. The molecule has 17 heavy (non-hydrogen) atoms. The topological polar surface area (TPSA) is 36.9 Å². The van der Waals surface area contributed by atoms with E-state index >= 15 is 0 Å². The van der Waals surface area contributed by atoms with Crippen LogP contribution < -0.4 is 5.32 Å². The maximum atomic E-state index is 6.04. The zero-order valence-electron chi connectivity index (χ0n) is 9.11. The molecule has 0 atom stereocenters. The first-order valence-corrected chi connectivity index (χ1v) is 5.55. The minimum absolute atomic E-state index is 0. The molecule has 0 saturated carbocycles. The summed E-state index contributed by atoms with van der Waals surface area (Å²) in [7, 11) is 1.59. The Morgan fingerprint density at radius 1 is 1.35 bits per heavy atom. The van der Waals surface area contributed by atoms with E-state index in [1.54, 1.807) is 30.4 Å². The second kappa shape index (κ2) is 6.31. The van der Waals surface area contributed by atoms with Crippen LogP contribution in [0.1, 0.15) is 0 Å². The van der Waals surface area contributed by atoms with E-state index in [4.69, 9.17) is 28.0 Å². The van der Waals surface area contributed by atoms with Crippen LogP contribution in [0, 0.1) is 0 Å². The first kappa shape index (κ1) is 14.4. The second-order valence-corrected chi connectivity index (χ2v) is 4.03. The monoisotopic (exact) mass is 295 g/mol. The fourth-order valence-electron chi connectivity index (χ4n) is 1.44. The quantitative estimate of drug-likeness (QED) is 0.911. The van der Waals surface area contributed by atoms with Gasteiger partial charge < -0.3 is 5.32 Å². The number of benzene rings is 1. The molecule has 1 aromatic rings. The van der Waals surface area contributed by atoms with Gasteiger partial charge in [-0.25, -0.2) is 10.1 Å². The van der Waals surface area contributed by atoms with Gasteiger partial charge in [-0.05, 0) is 12.1 Å². The Kier molecular flexibility index (Phi) is 5.33. The number of nitrogens with one attached hydrogen (secondary N) is 1. The molecule has 0 bridgehead atoms. The number of hydroxylamine groups is 2. The molecule has 1 aromatic carbocycles. The third-order valence-electron chi connectivity index (χ3n) is 2.22. The number of hydrogen-bond acceptors (Lipinski definition) is 4. The highest BCUT2D eigenvalue weighted by Gasteiger charge is 2.18. The lowest BCUT2D eigenvalue weighted by Crippen LogP contribution is -2.32. The molecule has 2 rings (SSSR count). The predicted octanol–water partition coefficient (Wildman–Crippen LogP) is 3.06. The van der Waals surface area contributed by atoms with E-state index in [0.717, 1.165) is 6.54 Å². The molecule has 7 heteroatoms. The van der Waals surface area contributed by atoms with Crippen LogP contribution in [0.25, 0.3) is 0 Å². The van der Waals surface area contributed by atoms with Crippen molar-refractivity contribution in [1.82, 2.24) is 5.06 Å². The maximum Gasteiger partial charge on any atom is 0.223 e. The number of rotatable bonds is 2. The highest BCUT2D eigenvalue weighted by molar-refractivity contribution is 6.39. The number of anilines is 1. The van der Waals surface area contributed by atoms with E-state index in [9.17, 15) is 0 Å².